The lowest BCUT2D eigenvalue weighted by Gasteiger charge is -2.19. The van der Waals surface area contributed by atoms with Crippen LogP contribution in [0.1, 0.15) is 37.9 Å². The van der Waals surface area contributed by atoms with E-state index < -0.39 is 17.3 Å². The van der Waals surface area contributed by atoms with Gasteiger partial charge in [-0.05, 0) is 31.5 Å². The molecule has 5 rings (SSSR count). The van der Waals surface area contributed by atoms with Crippen molar-refractivity contribution in [1.82, 2.24) is 34.7 Å². The van der Waals surface area contributed by atoms with Gasteiger partial charge in [0.05, 0.1) is 17.3 Å². The Balaban J connectivity index is 1.62. The average molecular weight is 496 g/mol. The van der Waals surface area contributed by atoms with Gasteiger partial charge in [0.1, 0.15) is 35.0 Å². The number of hydrogen-bond donors (Lipinski definition) is 3. The fraction of sp³-hybridized carbons (Fsp3) is 0.318. The summed E-state index contributed by atoms with van der Waals surface area (Å²) in [6.45, 7) is 4.04. The van der Waals surface area contributed by atoms with Crippen LogP contribution in [0.25, 0.3) is 22.4 Å². The molecule has 0 unspecified atom stereocenters. The quantitative estimate of drug-likeness (QED) is 0.348. The largest absolute Gasteiger partial charge is 0.480 e. The normalized spacial score (nSPS) is 17.1. The Kier molecular flexibility index (Phi) is 5.39. The van der Waals surface area contributed by atoms with E-state index in [1.54, 1.807) is 13.0 Å². The minimum absolute atomic E-state index is 0.0869. The number of carboxylic acids is 1. The number of anilines is 2. The number of carboxylic acid groups (broad SMARTS) is 1. The number of benzene rings is 1. The first-order valence-electron chi connectivity index (χ1n) is 11.0. The molecule has 180 valence electrons. The molecule has 0 spiro atoms. The van der Waals surface area contributed by atoms with Crippen molar-refractivity contribution in [2.45, 2.75) is 45.2 Å². The van der Waals surface area contributed by atoms with Crippen LogP contribution in [0.15, 0.2) is 24.4 Å². The molecule has 0 radical (unpaired) electrons. The fourth-order valence-electron chi connectivity index (χ4n) is 4.29. The predicted octanol–water partition coefficient (Wildman–Crippen LogP) is 2.46. The van der Waals surface area contributed by atoms with Crippen molar-refractivity contribution in [3.8, 4) is 11.5 Å². The van der Waals surface area contributed by atoms with E-state index in [1.807, 2.05) is 16.8 Å². The molecule has 0 bridgehead atoms. The molecule has 1 atom stereocenters. The third kappa shape index (κ3) is 3.66. The summed E-state index contributed by atoms with van der Waals surface area (Å²) in [5, 5.41) is 25.8. The number of carbonyl (C=O) groups excluding carboxylic acids is 1. The zero-order valence-corrected chi connectivity index (χ0v) is 19.7. The third-order valence-electron chi connectivity index (χ3n) is 6.12. The first-order valence-corrected chi connectivity index (χ1v) is 11.4. The number of amides is 1. The van der Waals surface area contributed by atoms with Crippen LogP contribution < -0.4 is 11.1 Å². The van der Waals surface area contributed by atoms with Gasteiger partial charge in [0.25, 0.3) is 0 Å². The van der Waals surface area contributed by atoms with E-state index in [2.05, 4.69) is 32.5 Å². The van der Waals surface area contributed by atoms with Gasteiger partial charge in [-0.15, -0.1) is 5.10 Å². The molecule has 1 amide bonds. The number of carbonyl (C=O) groups is 2. The van der Waals surface area contributed by atoms with E-state index >= 15 is 0 Å². The Morgan fingerprint density at radius 3 is 2.86 bits per heavy atom. The van der Waals surface area contributed by atoms with Crippen LogP contribution in [0.5, 0.6) is 0 Å². The number of nitrogens with zero attached hydrogens (tertiary/aromatic N) is 7. The Morgan fingerprint density at radius 1 is 1.31 bits per heavy atom. The molecule has 13 heteroatoms. The Morgan fingerprint density at radius 2 is 2.11 bits per heavy atom. The Labute approximate surface area is 204 Å². The molecule has 4 heterocycles. The van der Waals surface area contributed by atoms with Crippen LogP contribution in [-0.2, 0) is 28.1 Å². The lowest BCUT2D eigenvalue weighted by atomic mass is 9.81. The number of nitrogens with one attached hydrogen (secondary N) is 1. The zero-order chi connectivity index (χ0) is 24.9. The molecule has 1 aliphatic heterocycles. The van der Waals surface area contributed by atoms with Gasteiger partial charge in [0.2, 0.25) is 5.91 Å². The molecule has 12 nitrogen and oxygen atoms in total. The minimum atomic E-state index is -1.34. The van der Waals surface area contributed by atoms with E-state index in [1.165, 1.54) is 6.20 Å². The highest BCUT2D eigenvalue weighted by Gasteiger charge is 2.49. The number of aryl methyl sites for hydroxylation is 1. The van der Waals surface area contributed by atoms with Crippen LogP contribution in [-0.4, -0.2) is 51.7 Å². The van der Waals surface area contributed by atoms with Crippen LogP contribution >= 0.6 is 11.6 Å². The summed E-state index contributed by atoms with van der Waals surface area (Å²) in [5.41, 5.74) is 7.01. The number of nitrogens with two attached hydrogens (primary N) is 1. The second kappa shape index (κ2) is 8.31. The molecule has 4 aromatic rings. The van der Waals surface area contributed by atoms with Gasteiger partial charge in [-0.25, -0.2) is 14.6 Å². The molecule has 1 aliphatic rings. The first-order chi connectivity index (χ1) is 16.7. The summed E-state index contributed by atoms with van der Waals surface area (Å²) in [6, 6.07) is 5.48. The molecule has 0 saturated carbocycles. The van der Waals surface area contributed by atoms with Gasteiger partial charge in [-0.3, -0.25) is 14.3 Å². The van der Waals surface area contributed by atoms with Crippen molar-refractivity contribution in [2.75, 3.05) is 11.1 Å². The maximum atomic E-state index is 13.1. The molecule has 3 aromatic heterocycles. The van der Waals surface area contributed by atoms with Crippen molar-refractivity contribution >= 4 is 46.0 Å². The van der Waals surface area contributed by atoms with Crippen molar-refractivity contribution in [3.63, 3.8) is 0 Å². The molecule has 0 aliphatic carbocycles. The van der Waals surface area contributed by atoms with Crippen molar-refractivity contribution in [3.05, 3.63) is 40.7 Å². The number of hydrogen-bond acceptors (Lipinski definition) is 8. The van der Waals surface area contributed by atoms with Gasteiger partial charge in [0.15, 0.2) is 5.82 Å². The lowest BCUT2D eigenvalue weighted by Crippen LogP contribution is -2.33. The fourth-order valence-corrected chi connectivity index (χ4v) is 4.46. The first kappa shape index (κ1) is 22.7. The SMILES string of the molecule is CCCCn1nc(-c2nc(N)c3c(n2)NC(=O)[C@@]3(C)c2cn(CC(=O)O)nn2)c2ccc(Cl)cc21. The zero-order valence-electron chi connectivity index (χ0n) is 19.0. The smallest absolute Gasteiger partial charge is 0.325 e. The molecule has 4 N–H and O–H groups in total. The average Bonchev–Trinajstić information content (AvgIpc) is 3.47. The highest BCUT2D eigenvalue weighted by molar-refractivity contribution is 6.31. The molecule has 0 fully saturated rings. The standard InChI is InChI=1S/C22H22ClN9O3/c1-3-4-7-32-13-8-11(23)5-6-12(13)17(29-32)20-25-18(24)16-19(26-20)27-21(35)22(16,2)14-9-31(30-28-14)10-15(33)34/h5-6,8-9H,3-4,7,10H2,1-2H3,(H,33,34)(H3,24,25,26,27,35)/t22-/m0/s1. The third-order valence-corrected chi connectivity index (χ3v) is 6.36. The molecular formula is C22H22ClN9O3. The van der Waals surface area contributed by atoms with Gasteiger partial charge < -0.3 is 16.2 Å². The van der Waals surface area contributed by atoms with E-state index in [9.17, 15) is 9.59 Å². The van der Waals surface area contributed by atoms with Crippen molar-refractivity contribution < 1.29 is 14.7 Å². The second-order valence-electron chi connectivity index (χ2n) is 8.52. The summed E-state index contributed by atoms with van der Waals surface area (Å²) >= 11 is 6.23. The summed E-state index contributed by atoms with van der Waals surface area (Å²) in [6.07, 6.45) is 3.34. The van der Waals surface area contributed by atoms with Crippen molar-refractivity contribution in [1.29, 1.82) is 0 Å². The number of fused-ring (bicyclic) bond motifs is 2. The summed E-state index contributed by atoms with van der Waals surface area (Å²) in [7, 11) is 0. The van der Waals surface area contributed by atoms with Crippen LogP contribution in [0.3, 0.4) is 0 Å². The van der Waals surface area contributed by atoms with Crippen LogP contribution in [0, 0.1) is 0 Å². The maximum Gasteiger partial charge on any atom is 0.325 e. The molecule has 0 saturated heterocycles. The Bertz CT molecular complexity index is 1500. The van der Waals surface area contributed by atoms with E-state index in [4.69, 9.17) is 27.5 Å². The monoisotopic (exact) mass is 495 g/mol. The molecular weight excluding hydrogens is 474 g/mol. The van der Waals surface area contributed by atoms with Gasteiger partial charge in [-0.2, -0.15) is 5.10 Å². The summed E-state index contributed by atoms with van der Waals surface area (Å²) in [4.78, 5) is 33.2. The highest BCUT2D eigenvalue weighted by atomic mass is 35.5. The maximum absolute atomic E-state index is 13.1. The van der Waals surface area contributed by atoms with Crippen molar-refractivity contribution in [2.24, 2.45) is 0 Å². The second-order valence-corrected chi connectivity index (χ2v) is 8.95. The van der Waals surface area contributed by atoms with Crippen LogP contribution in [0.2, 0.25) is 5.02 Å². The van der Waals surface area contributed by atoms with E-state index in [0.717, 1.165) is 28.4 Å². The van der Waals surface area contributed by atoms with Gasteiger partial charge >= 0.3 is 5.97 Å². The number of halogens is 1. The van der Waals surface area contributed by atoms with Crippen LogP contribution in [0.4, 0.5) is 11.6 Å². The minimum Gasteiger partial charge on any atom is -0.480 e. The summed E-state index contributed by atoms with van der Waals surface area (Å²) < 4.78 is 3.01. The number of aliphatic carboxylic acids is 1. The van der Waals surface area contributed by atoms with Gasteiger partial charge in [0, 0.05) is 17.0 Å². The number of unbranched alkanes of at least 4 members (excludes halogenated alkanes) is 1. The van der Waals surface area contributed by atoms with E-state index in [-0.39, 0.29) is 29.7 Å². The van der Waals surface area contributed by atoms with E-state index in [0.29, 0.717) is 22.8 Å². The topological polar surface area (TPSA) is 167 Å². The highest BCUT2D eigenvalue weighted by Crippen LogP contribution is 2.44. The molecule has 1 aromatic carbocycles. The van der Waals surface area contributed by atoms with Gasteiger partial charge in [-0.1, -0.05) is 30.2 Å². The lowest BCUT2D eigenvalue weighted by molar-refractivity contribution is -0.137. The summed E-state index contributed by atoms with van der Waals surface area (Å²) in [5.74, 6) is -0.898. The molecule has 35 heavy (non-hydrogen) atoms. The Hall–Kier alpha value is -4.06. The number of rotatable bonds is 7. The number of aromatic nitrogens is 7. The predicted molar refractivity (Wildman–Crippen MR) is 128 cm³/mol. The number of nitrogen functional groups attached to an aromatic ring is 1.